The van der Waals surface area contributed by atoms with Gasteiger partial charge in [-0.3, -0.25) is 4.21 Å². The molecular weight excluding hydrogens is 312 g/mol. The molecule has 2 amide bonds. The van der Waals surface area contributed by atoms with Gasteiger partial charge < -0.3 is 15.0 Å². The molecule has 0 bridgehead atoms. The number of ether oxygens (including phenoxy) is 1. The Morgan fingerprint density at radius 1 is 1.43 bits per heavy atom. The van der Waals surface area contributed by atoms with Crippen LogP contribution in [0.25, 0.3) is 0 Å². The van der Waals surface area contributed by atoms with Gasteiger partial charge in [0, 0.05) is 48.4 Å². The highest BCUT2D eigenvalue weighted by molar-refractivity contribution is 7.84. The fourth-order valence-electron chi connectivity index (χ4n) is 2.56. The van der Waals surface area contributed by atoms with E-state index in [4.69, 9.17) is 4.74 Å². The smallest absolute Gasteiger partial charge is 0.317 e. The molecule has 1 aromatic rings. The second-order valence-electron chi connectivity index (χ2n) is 5.96. The highest BCUT2D eigenvalue weighted by Gasteiger charge is 2.24. The molecule has 2 rings (SSSR count). The molecule has 1 fully saturated rings. The minimum atomic E-state index is -0.843. The number of carbonyl (C=O) groups is 1. The lowest BCUT2D eigenvalue weighted by Crippen LogP contribution is -2.50. The molecule has 0 unspecified atom stereocenters. The van der Waals surface area contributed by atoms with Gasteiger partial charge in [0.2, 0.25) is 0 Å². The Hall–Kier alpha value is -1.40. The van der Waals surface area contributed by atoms with Crippen LogP contribution >= 0.6 is 0 Å². The summed E-state index contributed by atoms with van der Waals surface area (Å²) in [6, 6.07) is 10.1. The molecule has 0 spiro atoms. The van der Waals surface area contributed by atoms with E-state index in [1.165, 1.54) is 5.56 Å². The molecule has 0 aliphatic carbocycles. The van der Waals surface area contributed by atoms with E-state index >= 15 is 0 Å². The number of hydrogen-bond donors (Lipinski definition) is 1. The Balaban J connectivity index is 1.76. The number of rotatable bonds is 6. The summed E-state index contributed by atoms with van der Waals surface area (Å²) >= 11 is 0. The third kappa shape index (κ3) is 5.95. The lowest BCUT2D eigenvalue weighted by molar-refractivity contribution is -0.0132. The maximum Gasteiger partial charge on any atom is 0.317 e. The highest BCUT2D eigenvalue weighted by atomic mass is 32.2. The van der Waals surface area contributed by atoms with Crippen LogP contribution in [-0.2, 0) is 22.0 Å². The van der Waals surface area contributed by atoms with Crippen molar-refractivity contribution >= 4 is 16.8 Å². The average Bonchev–Trinajstić information content (AvgIpc) is 2.55. The number of urea groups is 1. The van der Waals surface area contributed by atoms with Crippen molar-refractivity contribution in [3.63, 3.8) is 0 Å². The summed E-state index contributed by atoms with van der Waals surface area (Å²) in [5.41, 5.74) is 1.22. The first-order valence-corrected chi connectivity index (χ1v) is 9.69. The first-order valence-electron chi connectivity index (χ1n) is 8.07. The lowest BCUT2D eigenvalue weighted by atomic mass is 10.1. The summed E-state index contributed by atoms with van der Waals surface area (Å²) in [4.78, 5) is 14.0. The van der Waals surface area contributed by atoms with Gasteiger partial charge in [0.05, 0.1) is 12.7 Å². The Morgan fingerprint density at radius 2 is 2.17 bits per heavy atom. The third-order valence-electron chi connectivity index (χ3n) is 4.13. The number of carbonyl (C=O) groups excluding carboxylic acids is 1. The van der Waals surface area contributed by atoms with Gasteiger partial charge in [-0.05, 0) is 12.0 Å². The van der Waals surface area contributed by atoms with Crippen molar-refractivity contribution in [2.75, 3.05) is 32.5 Å². The number of amides is 2. The minimum Gasteiger partial charge on any atom is -0.374 e. The van der Waals surface area contributed by atoms with Crippen LogP contribution < -0.4 is 5.32 Å². The third-order valence-corrected chi connectivity index (χ3v) is 5.49. The van der Waals surface area contributed by atoms with Crippen molar-refractivity contribution in [3.8, 4) is 0 Å². The zero-order valence-electron chi connectivity index (χ0n) is 13.9. The molecule has 3 atom stereocenters. The number of hydrogen-bond acceptors (Lipinski definition) is 3. The molecule has 0 aromatic heterocycles. The van der Waals surface area contributed by atoms with Gasteiger partial charge in [0.15, 0.2) is 0 Å². The molecule has 1 heterocycles. The van der Waals surface area contributed by atoms with Crippen LogP contribution in [0.5, 0.6) is 0 Å². The second-order valence-corrected chi connectivity index (χ2v) is 7.76. The van der Waals surface area contributed by atoms with Crippen molar-refractivity contribution in [2.45, 2.75) is 31.1 Å². The van der Waals surface area contributed by atoms with E-state index in [1.54, 1.807) is 6.26 Å². The fraction of sp³-hybridized carbons (Fsp3) is 0.588. The molecule has 128 valence electrons. The average molecular weight is 338 g/mol. The molecule has 0 radical (unpaired) electrons. The van der Waals surface area contributed by atoms with Crippen molar-refractivity contribution in [1.82, 2.24) is 10.2 Å². The van der Waals surface area contributed by atoms with Gasteiger partial charge >= 0.3 is 6.03 Å². The van der Waals surface area contributed by atoms with Gasteiger partial charge in [0.25, 0.3) is 0 Å². The number of nitrogens with one attached hydrogen (secondary N) is 1. The zero-order chi connectivity index (χ0) is 16.7. The molecular formula is C17H26N2O3S. The Kier molecular flexibility index (Phi) is 7.05. The van der Waals surface area contributed by atoms with Gasteiger partial charge in [-0.2, -0.15) is 0 Å². The predicted molar refractivity (Wildman–Crippen MR) is 93.0 cm³/mol. The van der Waals surface area contributed by atoms with Gasteiger partial charge in [-0.25, -0.2) is 4.79 Å². The van der Waals surface area contributed by atoms with Crippen LogP contribution in [0.3, 0.4) is 0 Å². The molecule has 6 heteroatoms. The predicted octanol–water partition coefficient (Wildman–Crippen LogP) is 1.80. The summed E-state index contributed by atoms with van der Waals surface area (Å²) in [6.07, 6.45) is 3.28. The summed E-state index contributed by atoms with van der Waals surface area (Å²) in [7, 11) is -0.843. The van der Waals surface area contributed by atoms with Crippen LogP contribution in [0.15, 0.2) is 30.3 Å². The zero-order valence-corrected chi connectivity index (χ0v) is 14.7. The van der Waals surface area contributed by atoms with Crippen molar-refractivity contribution < 1.29 is 13.7 Å². The summed E-state index contributed by atoms with van der Waals surface area (Å²) in [5.74, 6) is 0. The number of morpholine rings is 1. The molecule has 23 heavy (non-hydrogen) atoms. The fourth-order valence-corrected chi connectivity index (χ4v) is 3.01. The van der Waals surface area contributed by atoms with Crippen LogP contribution in [0.4, 0.5) is 4.79 Å². The quantitative estimate of drug-likeness (QED) is 0.860. The Labute approximate surface area is 140 Å². The monoisotopic (exact) mass is 338 g/mol. The normalized spacial score (nSPS) is 20.8. The molecule has 1 saturated heterocycles. The van der Waals surface area contributed by atoms with Gasteiger partial charge in [0.1, 0.15) is 0 Å². The Bertz CT molecular complexity index is 524. The number of benzene rings is 1. The van der Waals surface area contributed by atoms with Gasteiger partial charge in [-0.1, -0.05) is 37.3 Å². The van der Waals surface area contributed by atoms with E-state index in [2.05, 4.69) is 17.4 Å². The van der Waals surface area contributed by atoms with Crippen LogP contribution in [-0.4, -0.2) is 59.0 Å². The largest absolute Gasteiger partial charge is 0.374 e. The molecule has 1 N–H and O–H groups in total. The SMILES string of the molecule is C[C@H](CCNC(=O)N1CCO[C@@H](Cc2ccccc2)C1)[S@](C)=O. The van der Waals surface area contributed by atoms with Crippen LogP contribution in [0.2, 0.25) is 0 Å². The molecule has 1 aliphatic heterocycles. The maximum absolute atomic E-state index is 12.2. The van der Waals surface area contributed by atoms with Crippen LogP contribution in [0, 0.1) is 0 Å². The van der Waals surface area contributed by atoms with Gasteiger partial charge in [-0.15, -0.1) is 0 Å². The van der Waals surface area contributed by atoms with E-state index in [-0.39, 0.29) is 17.4 Å². The van der Waals surface area contributed by atoms with Crippen LogP contribution in [0.1, 0.15) is 18.9 Å². The second kappa shape index (κ2) is 9.03. The first kappa shape index (κ1) is 17.9. The standard InChI is InChI=1S/C17H26N2O3S/c1-14(23(2)21)8-9-18-17(20)19-10-11-22-16(13-19)12-15-6-4-3-5-7-15/h3-7,14,16H,8-13H2,1-2H3,(H,18,20)/t14-,16+,23+/m1/s1. The van der Waals surface area contributed by atoms with E-state index in [9.17, 15) is 9.00 Å². The topological polar surface area (TPSA) is 58.6 Å². The molecule has 0 saturated carbocycles. The highest BCUT2D eigenvalue weighted by Crippen LogP contribution is 2.12. The van der Waals surface area contributed by atoms with E-state index in [0.29, 0.717) is 26.2 Å². The first-order chi connectivity index (χ1) is 11.1. The van der Waals surface area contributed by atoms with Crippen molar-refractivity contribution in [3.05, 3.63) is 35.9 Å². The lowest BCUT2D eigenvalue weighted by Gasteiger charge is -2.33. The van der Waals surface area contributed by atoms with Crippen molar-refractivity contribution in [2.24, 2.45) is 0 Å². The van der Waals surface area contributed by atoms with E-state index in [1.807, 2.05) is 30.0 Å². The number of nitrogens with zero attached hydrogens (tertiary/aromatic N) is 1. The molecule has 1 aromatic carbocycles. The summed E-state index contributed by atoms with van der Waals surface area (Å²) in [6.45, 7) is 4.29. The molecule has 5 nitrogen and oxygen atoms in total. The van der Waals surface area contributed by atoms with E-state index < -0.39 is 10.8 Å². The summed E-state index contributed by atoms with van der Waals surface area (Å²) in [5, 5.41) is 3.02. The maximum atomic E-state index is 12.2. The Morgan fingerprint density at radius 3 is 2.87 bits per heavy atom. The van der Waals surface area contributed by atoms with E-state index in [0.717, 1.165) is 12.8 Å². The molecule has 1 aliphatic rings. The minimum absolute atomic E-state index is 0.0407. The summed E-state index contributed by atoms with van der Waals surface area (Å²) < 4.78 is 17.1. The van der Waals surface area contributed by atoms with Crippen molar-refractivity contribution in [1.29, 1.82) is 0 Å².